The minimum Gasteiger partial charge on any atom is -0.493 e. The van der Waals surface area contributed by atoms with Crippen molar-refractivity contribution in [3.05, 3.63) is 37.7 Å². The number of hydrogen-bond acceptors (Lipinski definition) is 4. The lowest BCUT2D eigenvalue weighted by atomic mass is 9.98. The van der Waals surface area contributed by atoms with Crippen molar-refractivity contribution in [1.29, 1.82) is 0 Å². The van der Waals surface area contributed by atoms with Gasteiger partial charge in [0, 0.05) is 21.5 Å². The molecule has 0 aliphatic carbocycles. The van der Waals surface area contributed by atoms with Gasteiger partial charge in [0.05, 0.1) is 28.8 Å². The van der Waals surface area contributed by atoms with Gasteiger partial charge in [0.25, 0.3) is 0 Å². The van der Waals surface area contributed by atoms with Crippen LogP contribution in [0.3, 0.4) is 0 Å². The first-order valence-corrected chi connectivity index (χ1v) is 8.52. The molecule has 0 aliphatic rings. The Hall–Kier alpha value is -0.780. The maximum absolute atomic E-state index is 6.09. The first-order valence-electron chi connectivity index (χ1n) is 6.53. The van der Waals surface area contributed by atoms with Gasteiger partial charge < -0.3 is 10.1 Å². The Morgan fingerprint density at radius 2 is 2.10 bits per heavy atom. The summed E-state index contributed by atoms with van der Waals surface area (Å²) in [6.07, 6.45) is 1.92. The van der Waals surface area contributed by atoms with Gasteiger partial charge in [-0.2, -0.15) is 0 Å². The molecule has 0 amide bonds. The Balaban J connectivity index is 2.15. The molecule has 0 saturated heterocycles. The Labute approximate surface area is 142 Å². The van der Waals surface area contributed by atoms with E-state index >= 15 is 0 Å². The number of aromatic nitrogens is 1. The Morgan fingerprint density at radius 1 is 1.38 bits per heavy atom. The molecule has 1 aromatic heterocycles. The summed E-state index contributed by atoms with van der Waals surface area (Å²) in [7, 11) is 1.64. The number of hydrogen-bond donors (Lipinski definition) is 1. The van der Waals surface area contributed by atoms with Crippen molar-refractivity contribution in [3.63, 3.8) is 0 Å². The van der Waals surface area contributed by atoms with Gasteiger partial charge in [-0.05, 0) is 28.1 Å². The second-order valence-corrected chi connectivity index (χ2v) is 8.11. The summed E-state index contributed by atoms with van der Waals surface area (Å²) in [5.41, 5.74) is 0.947. The lowest BCUT2D eigenvalue weighted by molar-refractivity contribution is 0.414. The highest BCUT2D eigenvalue weighted by molar-refractivity contribution is 9.10. The van der Waals surface area contributed by atoms with Crippen LogP contribution < -0.4 is 10.1 Å². The smallest absolute Gasteiger partial charge is 0.156 e. The average molecular weight is 390 g/mol. The van der Waals surface area contributed by atoms with Crippen LogP contribution in [0.4, 0.5) is 5.69 Å². The zero-order valence-electron chi connectivity index (χ0n) is 12.5. The predicted octanol–water partition coefficient (Wildman–Crippen LogP) is 5.48. The van der Waals surface area contributed by atoms with Crippen molar-refractivity contribution >= 4 is 44.6 Å². The fourth-order valence-corrected chi connectivity index (χ4v) is 3.70. The molecule has 114 valence electrons. The summed E-state index contributed by atoms with van der Waals surface area (Å²) in [6.45, 7) is 7.19. The number of benzene rings is 1. The second kappa shape index (κ2) is 6.55. The molecule has 0 unspecified atom stereocenters. The average Bonchev–Trinajstić information content (AvgIpc) is 2.84. The van der Waals surface area contributed by atoms with Gasteiger partial charge in [-0.25, -0.2) is 4.98 Å². The maximum atomic E-state index is 6.09. The van der Waals surface area contributed by atoms with Crippen LogP contribution in [-0.2, 0) is 12.0 Å². The van der Waals surface area contributed by atoms with Crippen molar-refractivity contribution in [2.45, 2.75) is 32.7 Å². The van der Waals surface area contributed by atoms with Gasteiger partial charge in [0.1, 0.15) is 0 Å². The molecule has 1 N–H and O–H groups in total. The molecule has 0 bridgehead atoms. The Bertz CT molecular complexity index is 637. The van der Waals surface area contributed by atoms with Crippen LogP contribution in [0.1, 0.15) is 30.7 Å². The maximum Gasteiger partial charge on any atom is 0.156 e. The molecule has 0 radical (unpaired) electrons. The van der Waals surface area contributed by atoms with Crippen LogP contribution in [0.2, 0.25) is 5.02 Å². The lowest BCUT2D eigenvalue weighted by Gasteiger charge is -2.14. The molecule has 6 heteroatoms. The minimum atomic E-state index is 0.0830. The van der Waals surface area contributed by atoms with Gasteiger partial charge in [0.15, 0.2) is 5.75 Å². The van der Waals surface area contributed by atoms with Crippen molar-refractivity contribution in [3.8, 4) is 5.75 Å². The summed E-state index contributed by atoms with van der Waals surface area (Å²) >= 11 is 11.3. The van der Waals surface area contributed by atoms with E-state index in [4.69, 9.17) is 16.3 Å². The van der Waals surface area contributed by atoms with Crippen molar-refractivity contribution in [2.24, 2.45) is 0 Å². The van der Waals surface area contributed by atoms with Gasteiger partial charge in [0.2, 0.25) is 0 Å². The van der Waals surface area contributed by atoms with Crippen LogP contribution in [0.15, 0.2) is 22.8 Å². The molecule has 1 heterocycles. The van der Waals surface area contributed by atoms with E-state index in [0.717, 1.165) is 20.9 Å². The number of halogens is 2. The van der Waals surface area contributed by atoms with Crippen LogP contribution in [0.25, 0.3) is 0 Å². The Morgan fingerprint density at radius 3 is 2.67 bits per heavy atom. The quantitative estimate of drug-likeness (QED) is 0.752. The molecule has 0 aliphatic heterocycles. The molecule has 21 heavy (non-hydrogen) atoms. The third kappa shape index (κ3) is 4.11. The van der Waals surface area contributed by atoms with Gasteiger partial charge in [-0.3, -0.25) is 0 Å². The molecule has 0 fully saturated rings. The zero-order chi connectivity index (χ0) is 15.6. The number of thiazole rings is 1. The normalized spacial score (nSPS) is 11.5. The summed E-state index contributed by atoms with van der Waals surface area (Å²) in [4.78, 5) is 5.67. The number of anilines is 1. The summed E-state index contributed by atoms with van der Waals surface area (Å²) in [5.74, 6) is 0.750. The number of nitrogens with one attached hydrogen (secondary N) is 1. The van der Waals surface area contributed by atoms with Crippen molar-refractivity contribution in [1.82, 2.24) is 4.98 Å². The topological polar surface area (TPSA) is 34.1 Å². The number of nitrogens with zero attached hydrogens (tertiary/aromatic N) is 1. The van der Waals surface area contributed by atoms with Crippen LogP contribution in [-0.4, -0.2) is 12.1 Å². The highest BCUT2D eigenvalue weighted by atomic mass is 79.9. The molecule has 1 aromatic carbocycles. The predicted molar refractivity (Wildman–Crippen MR) is 93.8 cm³/mol. The molecule has 0 spiro atoms. The minimum absolute atomic E-state index is 0.0830. The SMILES string of the molecule is COc1c(Br)cc(Cl)cc1NCc1cnc(C(C)(C)C)s1. The van der Waals surface area contributed by atoms with Gasteiger partial charge in [-0.15, -0.1) is 11.3 Å². The Kier molecular flexibility index (Phi) is 5.17. The molecule has 0 atom stereocenters. The van der Waals surface area contributed by atoms with E-state index < -0.39 is 0 Å². The van der Waals surface area contributed by atoms with Gasteiger partial charge >= 0.3 is 0 Å². The van der Waals surface area contributed by atoms with E-state index in [0.29, 0.717) is 11.6 Å². The monoisotopic (exact) mass is 388 g/mol. The standard InChI is InChI=1S/C15H18BrClN2OS/c1-15(2,3)14-19-8-10(21-14)7-18-12-6-9(17)5-11(16)13(12)20-4/h5-6,8,18H,7H2,1-4H3. The molecule has 2 aromatic rings. The van der Waals surface area contributed by atoms with E-state index in [1.54, 1.807) is 18.4 Å². The third-order valence-corrected chi connectivity index (χ3v) is 5.09. The van der Waals surface area contributed by atoms with Crippen molar-refractivity contribution < 1.29 is 4.74 Å². The molecule has 0 saturated carbocycles. The van der Waals surface area contributed by atoms with Gasteiger partial charge in [-0.1, -0.05) is 32.4 Å². The number of rotatable bonds is 4. The van der Waals surface area contributed by atoms with E-state index in [2.05, 4.69) is 47.0 Å². The van der Waals surface area contributed by atoms with E-state index in [1.807, 2.05) is 18.3 Å². The summed E-state index contributed by atoms with van der Waals surface area (Å²) < 4.78 is 6.23. The fourth-order valence-electron chi connectivity index (χ4n) is 1.82. The molecule has 3 nitrogen and oxygen atoms in total. The van der Waals surface area contributed by atoms with Crippen LogP contribution in [0.5, 0.6) is 5.75 Å². The summed E-state index contributed by atoms with van der Waals surface area (Å²) in [6, 6.07) is 3.67. The fraction of sp³-hybridized carbons (Fsp3) is 0.400. The van der Waals surface area contributed by atoms with E-state index in [1.165, 1.54) is 4.88 Å². The molecule has 2 rings (SSSR count). The molecular weight excluding hydrogens is 372 g/mol. The molecular formula is C15H18BrClN2OS. The van der Waals surface area contributed by atoms with E-state index in [-0.39, 0.29) is 5.41 Å². The number of methoxy groups -OCH3 is 1. The zero-order valence-corrected chi connectivity index (χ0v) is 15.6. The second-order valence-electron chi connectivity index (χ2n) is 5.70. The first kappa shape index (κ1) is 16.6. The lowest BCUT2D eigenvalue weighted by Crippen LogP contribution is -2.09. The van der Waals surface area contributed by atoms with E-state index in [9.17, 15) is 0 Å². The highest BCUT2D eigenvalue weighted by Crippen LogP contribution is 2.37. The highest BCUT2D eigenvalue weighted by Gasteiger charge is 2.18. The summed E-state index contributed by atoms with van der Waals surface area (Å²) in [5, 5.41) is 5.15. The van der Waals surface area contributed by atoms with Crippen molar-refractivity contribution in [2.75, 3.05) is 12.4 Å². The largest absolute Gasteiger partial charge is 0.493 e. The third-order valence-electron chi connectivity index (χ3n) is 2.86. The first-order chi connectivity index (χ1) is 9.81. The van der Waals surface area contributed by atoms with Crippen LogP contribution in [0, 0.1) is 0 Å². The number of ether oxygens (including phenoxy) is 1. The van der Waals surface area contributed by atoms with Crippen LogP contribution >= 0.6 is 38.9 Å².